The first-order valence-corrected chi connectivity index (χ1v) is 6.20. The Labute approximate surface area is 102 Å². The summed E-state index contributed by atoms with van der Waals surface area (Å²) in [6.07, 6.45) is 6.64. The topological polar surface area (TPSA) is 54.0 Å². The van der Waals surface area contributed by atoms with Crippen LogP contribution in [0.1, 0.15) is 31.2 Å². The minimum Gasteiger partial charge on any atom is -0.310 e. The van der Waals surface area contributed by atoms with Crippen molar-refractivity contribution in [2.24, 2.45) is 0 Å². The highest BCUT2D eigenvalue weighted by Gasteiger charge is 2.15. The summed E-state index contributed by atoms with van der Waals surface area (Å²) in [5, 5.41) is 6.07. The Bertz CT molecular complexity index is 386. The van der Waals surface area contributed by atoms with Gasteiger partial charge in [-0.1, -0.05) is 12.8 Å². The summed E-state index contributed by atoms with van der Waals surface area (Å²) in [7, 11) is 0. The highest BCUT2D eigenvalue weighted by Crippen LogP contribution is 2.17. The first kappa shape index (κ1) is 12.0. The SMILES string of the molecule is Cc1ccnc(NC(=O)CNC2CCCC2)c1. The molecule has 92 valence electrons. The van der Waals surface area contributed by atoms with Crippen LogP contribution in [0.5, 0.6) is 0 Å². The summed E-state index contributed by atoms with van der Waals surface area (Å²) < 4.78 is 0. The second-order valence-electron chi connectivity index (χ2n) is 4.63. The number of nitrogens with zero attached hydrogens (tertiary/aromatic N) is 1. The Morgan fingerprint density at radius 1 is 1.47 bits per heavy atom. The molecule has 0 aromatic carbocycles. The van der Waals surface area contributed by atoms with Crippen LogP contribution in [0.4, 0.5) is 5.82 Å². The third kappa shape index (κ3) is 3.82. The lowest BCUT2D eigenvalue weighted by Gasteiger charge is -2.11. The number of carbonyl (C=O) groups is 1. The van der Waals surface area contributed by atoms with Gasteiger partial charge in [0, 0.05) is 12.2 Å². The number of anilines is 1. The molecule has 0 spiro atoms. The number of pyridine rings is 1. The van der Waals surface area contributed by atoms with Gasteiger partial charge in [0.1, 0.15) is 5.82 Å². The molecule has 1 aliphatic rings. The number of rotatable bonds is 4. The van der Waals surface area contributed by atoms with Crippen LogP contribution in [0.15, 0.2) is 18.3 Å². The van der Waals surface area contributed by atoms with Crippen molar-refractivity contribution in [1.29, 1.82) is 0 Å². The zero-order valence-electron chi connectivity index (χ0n) is 10.2. The monoisotopic (exact) mass is 233 g/mol. The molecule has 2 rings (SSSR count). The number of amides is 1. The van der Waals surface area contributed by atoms with Crippen molar-refractivity contribution < 1.29 is 4.79 Å². The van der Waals surface area contributed by atoms with Gasteiger partial charge in [0.05, 0.1) is 6.54 Å². The number of aromatic nitrogens is 1. The first-order chi connectivity index (χ1) is 8.24. The molecule has 1 fully saturated rings. The maximum atomic E-state index is 11.7. The molecule has 0 bridgehead atoms. The molecule has 0 aliphatic heterocycles. The van der Waals surface area contributed by atoms with Gasteiger partial charge in [-0.2, -0.15) is 0 Å². The molecule has 0 unspecified atom stereocenters. The Balaban J connectivity index is 1.76. The van der Waals surface area contributed by atoms with Gasteiger partial charge in [-0.15, -0.1) is 0 Å². The molecule has 1 saturated carbocycles. The van der Waals surface area contributed by atoms with Crippen LogP contribution in [-0.4, -0.2) is 23.5 Å². The molecule has 1 amide bonds. The van der Waals surface area contributed by atoms with Crippen LogP contribution in [0.3, 0.4) is 0 Å². The van der Waals surface area contributed by atoms with Crippen LogP contribution in [0, 0.1) is 6.92 Å². The molecule has 0 radical (unpaired) electrons. The quantitative estimate of drug-likeness (QED) is 0.834. The summed E-state index contributed by atoms with van der Waals surface area (Å²) in [5.41, 5.74) is 1.10. The zero-order valence-corrected chi connectivity index (χ0v) is 10.2. The van der Waals surface area contributed by atoms with E-state index in [0.29, 0.717) is 18.4 Å². The smallest absolute Gasteiger partial charge is 0.239 e. The molecule has 0 atom stereocenters. The van der Waals surface area contributed by atoms with E-state index in [0.717, 1.165) is 5.56 Å². The molecular weight excluding hydrogens is 214 g/mol. The number of hydrogen-bond donors (Lipinski definition) is 2. The highest BCUT2D eigenvalue weighted by atomic mass is 16.1. The second kappa shape index (κ2) is 5.77. The van der Waals surface area contributed by atoms with Crippen LogP contribution in [0.25, 0.3) is 0 Å². The maximum absolute atomic E-state index is 11.7. The molecule has 1 aromatic heterocycles. The molecule has 1 aromatic rings. The van der Waals surface area contributed by atoms with E-state index in [1.807, 2.05) is 19.1 Å². The number of hydrogen-bond acceptors (Lipinski definition) is 3. The van der Waals surface area contributed by atoms with Gasteiger partial charge in [-0.05, 0) is 37.5 Å². The van der Waals surface area contributed by atoms with Gasteiger partial charge in [0.2, 0.25) is 5.91 Å². The fourth-order valence-electron chi connectivity index (χ4n) is 2.16. The predicted molar refractivity (Wildman–Crippen MR) is 67.9 cm³/mol. The molecule has 4 heteroatoms. The van der Waals surface area contributed by atoms with Gasteiger partial charge < -0.3 is 10.6 Å². The zero-order chi connectivity index (χ0) is 12.1. The summed E-state index contributed by atoms with van der Waals surface area (Å²) in [5.74, 6) is 0.609. The van der Waals surface area contributed by atoms with Gasteiger partial charge in [-0.3, -0.25) is 4.79 Å². The molecule has 1 aliphatic carbocycles. The van der Waals surface area contributed by atoms with Crippen molar-refractivity contribution in [3.05, 3.63) is 23.9 Å². The van der Waals surface area contributed by atoms with Crippen molar-refractivity contribution in [2.75, 3.05) is 11.9 Å². The predicted octanol–water partition coefficient (Wildman–Crippen LogP) is 1.86. The van der Waals surface area contributed by atoms with Crippen LogP contribution < -0.4 is 10.6 Å². The van der Waals surface area contributed by atoms with Crippen LogP contribution in [0.2, 0.25) is 0 Å². The van der Waals surface area contributed by atoms with E-state index in [2.05, 4.69) is 15.6 Å². The lowest BCUT2D eigenvalue weighted by atomic mass is 10.2. The second-order valence-corrected chi connectivity index (χ2v) is 4.63. The van der Waals surface area contributed by atoms with E-state index >= 15 is 0 Å². The Kier molecular flexibility index (Phi) is 4.09. The van der Waals surface area contributed by atoms with Crippen LogP contribution in [-0.2, 0) is 4.79 Å². The van der Waals surface area contributed by atoms with E-state index in [4.69, 9.17) is 0 Å². The third-order valence-corrected chi connectivity index (χ3v) is 3.09. The standard InChI is InChI=1S/C13H19N3O/c1-10-6-7-14-12(8-10)16-13(17)9-15-11-4-2-3-5-11/h6-8,11,15H,2-5,9H2,1H3,(H,14,16,17). The van der Waals surface area contributed by atoms with E-state index in [-0.39, 0.29) is 5.91 Å². The molecule has 1 heterocycles. The van der Waals surface area contributed by atoms with Crippen molar-refractivity contribution in [3.63, 3.8) is 0 Å². The minimum absolute atomic E-state index is 0.0185. The van der Waals surface area contributed by atoms with Crippen LogP contribution >= 0.6 is 0 Å². The molecule has 0 saturated heterocycles. The largest absolute Gasteiger partial charge is 0.310 e. The maximum Gasteiger partial charge on any atom is 0.239 e. The lowest BCUT2D eigenvalue weighted by Crippen LogP contribution is -2.34. The Hall–Kier alpha value is -1.42. The van der Waals surface area contributed by atoms with Gasteiger partial charge in [0.25, 0.3) is 0 Å². The van der Waals surface area contributed by atoms with E-state index in [1.54, 1.807) is 6.20 Å². The summed E-state index contributed by atoms with van der Waals surface area (Å²) in [4.78, 5) is 15.8. The number of nitrogens with one attached hydrogen (secondary N) is 2. The van der Waals surface area contributed by atoms with E-state index < -0.39 is 0 Å². The molecule has 17 heavy (non-hydrogen) atoms. The normalized spacial score (nSPS) is 16.1. The van der Waals surface area contributed by atoms with Crippen molar-refractivity contribution in [3.8, 4) is 0 Å². The average Bonchev–Trinajstić information content (AvgIpc) is 2.79. The summed E-state index contributed by atoms with van der Waals surface area (Å²) in [6, 6.07) is 4.30. The summed E-state index contributed by atoms with van der Waals surface area (Å²) in [6.45, 7) is 2.36. The minimum atomic E-state index is -0.0185. The average molecular weight is 233 g/mol. The van der Waals surface area contributed by atoms with Crippen molar-refractivity contribution >= 4 is 11.7 Å². The fraction of sp³-hybridized carbons (Fsp3) is 0.538. The van der Waals surface area contributed by atoms with Gasteiger partial charge in [0.15, 0.2) is 0 Å². The number of aryl methyl sites for hydroxylation is 1. The third-order valence-electron chi connectivity index (χ3n) is 3.09. The van der Waals surface area contributed by atoms with Gasteiger partial charge in [-0.25, -0.2) is 4.98 Å². The Morgan fingerprint density at radius 2 is 2.24 bits per heavy atom. The van der Waals surface area contributed by atoms with E-state index in [9.17, 15) is 4.79 Å². The van der Waals surface area contributed by atoms with Crippen molar-refractivity contribution in [1.82, 2.24) is 10.3 Å². The molecular formula is C13H19N3O. The van der Waals surface area contributed by atoms with Crippen molar-refractivity contribution in [2.45, 2.75) is 38.6 Å². The lowest BCUT2D eigenvalue weighted by molar-refractivity contribution is -0.115. The Morgan fingerprint density at radius 3 is 2.94 bits per heavy atom. The summed E-state index contributed by atoms with van der Waals surface area (Å²) >= 11 is 0. The highest BCUT2D eigenvalue weighted by molar-refractivity contribution is 5.91. The number of carbonyl (C=O) groups excluding carboxylic acids is 1. The molecule has 2 N–H and O–H groups in total. The fourth-order valence-corrected chi connectivity index (χ4v) is 2.16. The van der Waals surface area contributed by atoms with E-state index in [1.165, 1.54) is 25.7 Å². The van der Waals surface area contributed by atoms with Gasteiger partial charge >= 0.3 is 0 Å². The molecule has 4 nitrogen and oxygen atoms in total. The first-order valence-electron chi connectivity index (χ1n) is 6.20.